The lowest BCUT2D eigenvalue weighted by atomic mass is 9.97. The summed E-state index contributed by atoms with van der Waals surface area (Å²) < 4.78 is 37.6. The Balaban J connectivity index is 1.16. The Hall–Kier alpha value is -6.96. The maximum atomic E-state index is 9.49. The van der Waals surface area contributed by atoms with Crippen LogP contribution < -0.4 is 4.90 Å². The molecule has 9 rings (SSSR count). The first-order chi connectivity index (χ1) is 27.9. The second kappa shape index (κ2) is 14.3. The van der Waals surface area contributed by atoms with E-state index in [4.69, 9.17) is 0 Å². The van der Waals surface area contributed by atoms with E-state index in [0.29, 0.717) is 5.56 Å². The Bertz CT molecular complexity index is 2820. The lowest BCUT2D eigenvalue weighted by molar-refractivity contribution is 1.28. The van der Waals surface area contributed by atoms with E-state index in [0.717, 1.165) is 66.7 Å². The van der Waals surface area contributed by atoms with Gasteiger partial charge in [0.15, 0.2) is 0 Å². The van der Waals surface area contributed by atoms with Crippen LogP contribution in [0.15, 0.2) is 224 Å². The van der Waals surface area contributed by atoms with E-state index in [1.165, 1.54) is 0 Å². The summed E-state index contributed by atoms with van der Waals surface area (Å²) in [5, 5.41) is 2.26. The van der Waals surface area contributed by atoms with Gasteiger partial charge in [-0.05, 0) is 103 Å². The molecule has 0 aliphatic heterocycles. The van der Waals surface area contributed by atoms with E-state index >= 15 is 0 Å². The SMILES string of the molecule is [2H]c1c([2H])c(N(c2ccc(-c3ccc(-c4ccccc4)cc3)cc2)c2cccc(-c3cccc4ccccc34)c2)c([2H])c([2H])c1-c1ccc(-c2ccccc2)cc1. The molecule has 0 aliphatic rings. The molecule has 0 amide bonds. The number of rotatable bonds is 8. The average Bonchev–Trinajstić information content (AvgIpc) is 3.28. The number of anilines is 3. The largest absolute Gasteiger partial charge is 0.310 e. The Morgan fingerprint density at radius 3 is 1.30 bits per heavy atom. The third-order valence-corrected chi connectivity index (χ3v) is 9.77. The smallest absolute Gasteiger partial charge is 0.0645 e. The minimum atomic E-state index is -0.116. The van der Waals surface area contributed by atoms with Gasteiger partial charge in [0.05, 0.1) is 5.48 Å². The lowest BCUT2D eigenvalue weighted by Crippen LogP contribution is -2.10. The Kier molecular flexibility index (Phi) is 7.50. The van der Waals surface area contributed by atoms with E-state index in [1.807, 2.05) is 126 Å². The van der Waals surface area contributed by atoms with Crippen molar-refractivity contribution in [1.82, 2.24) is 0 Å². The quantitative estimate of drug-likeness (QED) is 0.154. The molecule has 0 fully saturated rings. The molecule has 0 aliphatic carbocycles. The molecule has 0 bridgehead atoms. The van der Waals surface area contributed by atoms with Gasteiger partial charge in [-0.2, -0.15) is 0 Å². The Morgan fingerprint density at radius 1 is 0.283 bits per heavy atom. The van der Waals surface area contributed by atoms with Gasteiger partial charge in [-0.15, -0.1) is 0 Å². The van der Waals surface area contributed by atoms with Crippen molar-refractivity contribution in [1.29, 1.82) is 0 Å². The maximum absolute atomic E-state index is 9.49. The zero-order valence-corrected chi connectivity index (χ0v) is 29.0. The number of hydrogen-bond acceptors (Lipinski definition) is 1. The monoisotopic (exact) mass is 679 g/mol. The molecule has 0 N–H and O–H groups in total. The molecule has 1 nitrogen and oxygen atoms in total. The third-order valence-electron chi connectivity index (χ3n) is 9.77. The fourth-order valence-electron chi connectivity index (χ4n) is 7.01. The van der Waals surface area contributed by atoms with Crippen molar-refractivity contribution in [2.75, 3.05) is 4.90 Å². The molecular weight excluding hydrogens is 639 g/mol. The molecule has 0 unspecified atom stereocenters. The molecule has 0 spiro atoms. The molecule has 0 saturated heterocycles. The molecule has 1 heteroatoms. The van der Waals surface area contributed by atoms with Crippen molar-refractivity contribution in [2.24, 2.45) is 0 Å². The normalized spacial score (nSPS) is 12.1. The predicted octanol–water partition coefficient (Wildman–Crippen LogP) is 14.6. The summed E-state index contributed by atoms with van der Waals surface area (Å²) in [6.45, 7) is 0. The molecule has 0 atom stereocenters. The van der Waals surface area contributed by atoms with Gasteiger partial charge in [-0.25, -0.2) is 0 Å². The van der Waals surface area contributed by atoms with Crippen LogP contribution in [0.3, 0.4) is 0 Å². The summed E-state index contributed by atoms with van der Waals surface area (Å²) >= 11 is 0. The van der Waals surface area contributed by atoms with Gasteiger partial charge in [0.2, 0.25) is 0 Å². The molecular formula is C52H37N. The fraction of sp³-hybridized carbons (Fsp3) is 0. The van der Waals surface area contributed by atoms with Crippen molar-refractivity contribution in [3.63, 3.8) is 0 Å². The standard InChI is InChI=1S/C52H37N/c1-3-11-38(12-4-1)40-21-25-42(26-22-40)44-29-33-48(34-30-44)53(50-18-9-17-47(37-50)52-20-10-16-46-15-7-8-19-51(46)52)49-35-31-45(32-36-49)43-27-23-41(24-28-43)39-13-5-2-6-14-39/h1-37H/i29D,30D,33D,34D. The number of hydrogen-bond donors (Lipinski definition) is 0. The highest BCUT2D eigenvalue weighted by Gasteiger charge is 2.15. The summed E-state index contributed by atoms with van der Waals surface area (Å²) in [6.07, 6.45) is 0. The Morgan fingerprint density at radius 2 is 0.717 bits per heavy atom. The van der Waals surface area contributed by atoms with Gasteiger partial charge in [0, 0.05) is 17.1 Å². The maximum Gasteiger partial charge on any atom is 0.0645 e. The van der Waals surface area contributed by atoms with Crippen molar-refractivity contribution in [2.45, 2.75) is 0 Å². The first-order valence-corrected chi connectivity index (χ1v) is 17.8. The lowest BCUT2D eigenvalue weighted by Gasteiger charge is -2.26. The second-order valence-corrected chi connectivity index (χ2v) is 13.1. The van der Waals surface area contributed by atoms with Gasteiger partial charge in [0.1, 0.15) is 0 Å². The summed E-state index contributed by atoms with van der Waals surface area (Å²) in [5.74, 6) is 0. The van der Waals surface area contributed by atoms with Crippen LogP contribution in [0.5, 0.6) is 0 Å². The molecule has 9 aromatic carbocycles. The average molecular weight is 680 g/mol. The topological polar surface area (TPSA) is 3.24 Å². The molecule has 0 radical (unpaired) electrons. The van der Waals surface area contributed by atoms with Gasteiger partial charge in [0.25, 0.3) is 0 Å². The van der Waals surface area contributed by atoms with Crippen molar-refractivity contribution < 1.29 is 5.48 Å². The highest BCUT2D eigenvalue weighted by atomic mass is 15.1. The van der Waals surface area contributed by atoms with E-state index in [2.05, 4.69) is 78.9 Å². The number of benzene rings is 9. The predicted molar refractivity (Wildman–Crippen MR) is 226 cm³/mol. The van der Waals surface area contributed by atoms with E-state index in [1.54, 1.807) is 0 Å². The second-order valence-electron chi connectivity index (χ2n) is 13.1. The fourth-order valence-corrected chi connectivity index (χ4v) is 7.01. The molecule has 250 valence electrons. The number of fused-ring (bicyclic) bond motifs is 1. The summed E-state index contributed by atoms with van der Waals surface area (Å²) in [6, 6.07) is 66.9. The minimum Gasteiger partial charge on any atom is -0.310 e. The van der Waals surface area contributed by atoms with Gasteiger partial charge in [-0.3, -0.25) is 0 Å². The third kappa shape index (κ3) is 6.65. The summed E-state index contributed by atoms with van der Waals surface area (Å²) in [4.78, 5) is 1.86. The van der Waals surface area contributed by atoms with Crippen molar-refractivity contribution >= 4 is 27.8 Å². The zero-order chi connectivity index (χ0) is 38.9. The number of nitrogens with zero attached hydrogens (tertiary/aromatic N) is 1. The summed E-state index contributed by atoms with van der Waals surface area (Å²) in [5.41, 5.74) is 11.1. The highest BCUT2D eigenvalue weighted by molar-refractivity contribution is 5.97. The minimum absolute atomic E-state index is 0.0937. The van der Waals surface area contributed by atoms with Crippen molar-refractivity contribution in [3.05, 3.63) is 224 Å². The molecule has 0 aromatic heterocycles. The Labute approximate surface area is 317 Å². The van der Waals surface area contributed by atoms with Crippen LogP contribution in [0.25, 0.3) is 66.4 Å². The van der Waals surface area contributed by atoms with E-state index in [9.17, 15) is 5.48 Å². The van der Waals surface area contributed by atoms with Crippen LogP contribution in [-0.2, 0) is 0 Å². The van der Waals surface area contributed by atoms with E-state index < -0.39 is 0 Å². The molecule has 9 aromatic rings. The van der Waals surface area contributed by atoms with Crippen LogP contribution >= 0.6 is 0 Å². The highest BCUT2D eigenvalue weighted by Crippen LogP contribution is 2.39. The molecule has 0 saturated carbocycles. The van der Waals surface area contributed by atoms with Crippen molar-refractivity contribution in [3.8, 4) is 55.6 Å². The zero-order valence-electron chi connectivity index (χ0n) is 33.0. The molecule has 53 heavy (non-hydrogen) atoms. The van der Waals surface area contributed by atoms with Crippen LogP contribution in [0, 0.1) is 0 Å². The first kappa shape index (κ1) is 27.7. The van der Waals surface area contributed by atoms with Gasteiger partial charge >= 0.3 is 0 Å². The van der Waals surface area contributed by atoms with Crippen LogP contribution in [-0.4, -0.2) is 0 Å². The first-order valence-electron chi connectivity index (χ1n) is 19.8. The van der Waals surface area contributed by atoms with Crippen LogP contribution in [0.2, 0.25) is 0 Å². The van der Waals surface area contributed by atoms with Crippen LogP contribution in [0.1, 0.15) is 5.48 Å². The van der Waals surface area contributed by atoms with E-state index in [-0.39, 0.29) is 35.4 Å². The summed E-state index contributed by atoms with van der Waals surface area (Å²) in [7, 11) is 0. The van der Waals surface area contributed by atoms with Gasteiger partial charge < -0.3 is 4.90 Å². The van der Waals surface area contributed by atoms with Crippen LogP contribution in [0.4, 0.5) is 17.1 Å². The van der Waals surface area contributed by atoms with Gasteiger partial charge in [-0.1, -0.05) is 188 Å². The molecule has 0 heterocycles.